The second-order valence-corrected chi connectivity index (χ2v) is 5.71. The number of imide groups is 1. The highest BCUT2D eigenvalue weighted by atomic mass is 19.4. The number of halogens is 3. The summed E-state index contributed by atoms with van der Waals surface area (Å²) in [6.45, 7) is -1.84. The summed E-state index contributed by atoms with van der Waals surface area (Å²) in [5.41, 5.74) is 0. The van der Waals surface area contributed by atoms with Crippen LogP contribution in [0.2, 0.25) is 0 Å². The van der Waals surface area contributed by atoms with Gasteiger partial charge in [0.2, 0.25) is 5.95 Å². The number of hydrogen-bond donors (Lipinski definition) is 2. The quantitative estimate of drug-likeness (QED) is 0.715. The number of nitrogens with zero attached hydrogens (tertiary/aromatic N) is 3. The first-order valence-corrected chi connectivity index (χ1v) is 8.11. The van der Waals surface area contributed by atoms with Crippen molar-refractivity contribution in [3.63, 3.8) is 0 Å². The summed E-state index contributed by atoms with van der Waals surface area (Å²) < 4.78 is 40.8. The predicted molar refractivity (Wildman–Crippen MR) is 85.6 cm³/mol. The Kier molecular flexibility index (Phi) is 6.91. The second-order valence-electron chi connectivity index (χ2n) is 5.71. The smallest absolute Gasteiger partial charge is 0.405 e. The average molecular weight is 389 g/mol. The maximum Gasteiger partial charge on any atom is 0.405 e. The zero-order chi connectivity index (χ0) is 19.9. The number of urea groups is 1. The molecular formula is C15H18F3N5O4. The molecule has 1 fully saturated rings. The van der Waals surface area contributed by atoms with Crippen LogP contribution in [0.5, 0.6) is 0 Å². The molecule has 1 aliphatic heterocycles. The Morgan fingerprint density at radius 2 is 1.93 bits per heavy atom. The Labute approximate surface area is 152 Å². The Morgan fingerprint density at radius 3 is 2.59 bits per heavy atom. The molecule has 12 heteroatoms. The minimum absolute atomic E-state index is 0.357. The van der Waals surface area contributed by atoms with E-state index in [9.17, 15) is 27.6 Å². The van der Waals surface area contributed by atoms with E-state index in [0.717, 1.165) is 12.8 Å². The number of alkyl halides is 3. The number of ether oxygens (including phenoxy) is 1. The van der Waals surface area contributed by atoms with Crippen molar-refractivity contribution in [2.75, 3.05) is 24.6 Å². The van der Waals surface area contributed by atoms with E-state index in [1.54, 1.807) is 16.3 Å². The molecule has 148 valence electrons. The van der Waals surface area contributed by atoms with Crippen LogP contribution in [-0.4, -0.2) is 59.8 Å². The minimum atomic E-state index is -4.60. The van der Waals surface area contributed by atoms with Crippen molar-refractivity contribution >= 4 is 23.9 Å². The molecule has 0 saturated carbocycles. The molecule has 27 heavy (non-hydrogen) atoms. The van der Waals surface area contributed by atoms with Gasteiger partial charge in [0.15, 0.2) is 6.61 Å². The lowest BCUT2D eigenvalue weighted by molar-refractivity contribution is -0.150. The van der Waals surface area contributed by atoms with Crippen LogP contribution in [0.4, 0.5) is 23.9 Å². The van der Waals surface area contributed by atoms with Gasteiger partial charge in [-0.25, -0.2) is 19.6 Å². The van der Waals surface area contributed by atoms with E-state index in [0.29, 0.717) is 18.9 Å². The van der Waals surface area contributed by atoms with Gasteiger partial charge in [-0.1, -0.05) is 0 Å². The molecule has 1 aliphatic rings. The number of hydrogen-bond acceptors (Lipinski definition) is 7. The fourth-order valence-corrected chi connectivity index (χ4v) is 2.48. The van der Waals surface area contributed by atoms with Gasteiger partial charge in [0, 0.05) is 18.9 Å². The van der Waals surface area contributed by atoms with Crippen molar-refractivity contribution in [3.8, 4) is 0 Å². The SMILES string of the molecule is O=C(COC(=O)C1CCCCN1c1ncccn1)NC(=O)NCC(F)(F)F. The number of esters is 1. The topological polar surface area (TPSA) is 114 Å². The van der Waals surface area contributed by atoms with Crippen LogP contribution >= 0.6 is 0 Å². The first-order valence-electron chi connectivity index (χ1n) is 8.11. The third-order valence-electron chi connectivity index (χ3n) is 3.63. The maximum atomic E-state index is 12.3. The molecular weight excluding hydrogens is 371 g/mol. The lowest BCUT2D eigenvalue weighted by Crippen LogP contribution is -2.48. The summed E-state index contributed by atoms with van der Waals surface area (Å²) in [7, 11) is 0. The van der Waals surface area contributed by atoms with E-state index in [2.05, 4.69) is 9.97 Å². The average Bonchev–Trinajstić information content (AvgIpc) is 2.64. The van der Waals surface area contributed by atoms with E-state index in [1.165, 1.54) is 17.7 Å². The van der Waals surface area contributed by atoms with Gasteiger partial charge in [-0.15, -0.1) is 0 Å². The van der Waals surface area contributed by atoms with Crippen molar-refractivity contribution in [2.24, 2.45) is 0 Å². The first-order chi connectivity index (χ1) is 12.8. The monoisotopic (exact) mass is 389 g/mol. The van der Waals surface area contributed by atoms with Gasteiger partial charge in [-0.05, 0) is 25.3 Å². The molecule has 2 N–H and O–H groups in total. The normalized spacial score (nSPS) is 17.1. The van der Waals surface area contributed by atoms with Crippen molar-refractivity contribution in [2.45, 2.75) is 31.5 Å². The van der Waals surface area contributed by atoms with Crippen LogP contribution in [0.15, 0.2) is 18.5 Å². The largest absolute Gasteiger partial charge is 0.454 e. The van der Waals surface area contributed by atoms with Gasteiger partial charge in [-0.3, -0.25) is 10.1 Å². The highest BCUT2D eigenvalue weighted by Gasteiger charge is 2.32. The van der Waals surface area contributed by atoms with Crippen LogP contribution in [-0.2, 0) is 14.3 Å². The standard InChI is InChI=1S/C15H18F3N5O4/c16-15(17,18)9-21-14(26)22-11(24)8-27-12(25)10-4-1-2-7-23(10)13-19-5-3-6-20-13/h3,5-6,10H,1-2,4,7-9H2,(H2,21,22,24,26). The van der Waals surface area contributed by atoms with E-state index in [-0.39, 0.29) is 0 Å². The Morgan fingerprint density at radius 1 is 1.22 bits per heavy atom. The van der Waals surface area contributed by atoms with E-state index >= 15 is 0 Å². The van der Waals surface area contributed by atoms with Gasteiger partial charge < -0.3 is 15.0 Å². The molecule has 0 radical (unpaired) electrons. The van der Waals surface area contributed by atoms with E-state index in [1.807, 2.05) is 0 Å². The number of amides is 3. The number of anilines is 1. The number of rotatable bonds is 5. The Hall–Kier alpha value is -2.92. The van der Waals surface area contributed by atoms with Crippen molar-refractivity contribution in [1.82, 2.24) is 20.6 Å². The molecule has 1 aromatic heterocycles. The zero-order valence-corrected chi connectivity index (χ0v) is 14.2. The molecule has 1 aromatic rings. The minimum Gasteiger partial charge on any atom is -0.454 e. The highest BCUT2D eigenvalue weighted by molar-refractivity contribution is 5.95. The van der Waals surface area contributed by atoms with E-state index < -0.39 is 43.3 Å². The summed E-state index contributed by atoms with van der Waals surface area (Å²) in [5, 5.41) is 3.12. The third kappa shape index (κ3) is 6.72. The van der Waals surface area contributed by atoms with Crippen molar-refractivity contribution < 1.29 is 32.3 Å². The van der Waals surface area contributed by atoms with Gasteiger partial charge in [0.05, 0.1) is 0 Å². The number of piperidine rings is 1. The molecule has 0 aliphatic carbocycles. The first kappa shape index (κ1) is 20.4. The fraction of sp³-hybridized carbons (Fsp3) is 0.533. The summed E-state index contributed by atoms with van der Waals surface area (Å²) >= 11 is 0. The molecule has 0 bridgehead atoms. The molecule has 1 unspecified atom stereocenters. The van der Waals surface area contributed by atoms with Crippen LogP contribution in [0.25, 0.3) is 0 Å². The molecule has 9 nitrogen and oxygen atoms in total. The van der Waals surface area contributed by atoms with Crippen LogP contribution in [0, 0.1) is 0 Å². The highest BCUT2D eigenvalue weighted by Crippen LogP contribution is 2.22. The van der Waals surface area contributed by atoms with Crippen LogP contribution in [0.1, 0.15) is 19.3 Å². The summed E-state index contributed by atoms with van der Waals surface area (Å²) in [6.07, 6.45) is 0.553. The van der Waals surface area contributed by atoms with E-state index in [4.69, 9.17) is 4.74 Å². The Balaban J connectivity index is 1.83. The van der Waals surface area contributed by atoms with Gasteiger partial charge in [0.1, 0.15) is 12.6 Å². The van der Waals surface area contributed by atoms with Crippen molar-refractivity contribution in [3.05, 3.63) is 18.5 Å². The summed E-state index contributed by atoms with van der Waals surface area (Å²) in [4.78, 5) is 44.9. The molecule has 2 rings (SSSR count). The number of carbonyl (C=O) groups excluding carboxylic acids is 3. The zero-order valence-electron chi connectivity index (χ0n) is 14.2. The Bertz CT molecular complexity index is 671. The number of nitrogens with one attached hydrogen (secondary N) is 2. The molecule has 2 heterocycles. The summed E-state index contributed by atoms with van der Waals surface area (Å²) in [5.74, 6) is -1.38. The van der Waals surface area contributed by atoms with Crippen LogP contribution in [0.3, 0.4) is 0 Å². The van der Waals surface area contributed by atoms with Crippen molar-refractivity contribution in [1.29, 1.82) is 0 Å². The molecule has 0 spiro atoms. The molecule has 1 saturated heterocycles. The van der Waals surface area contributed by atoms with Crippen LogP contribution < -0.4 is 15.5 Å². The lowest BCUT2D eigenvalue weighted by atomic mass is 10.0. The molecule has 3 amide bonds. The van der Waals surface area contributed by atoms with Gasteiger partial charge in [-0.2, -0.15) is 13.2 Å². The lowest BCUT2D eigenvalue weighted by Gasteiger charge is -2.33. The van der Waals surface area contributed by atoms with Gasteiger partial charge in [0.25, 0.3) is 5.91 Å². The van der Waals surface area contributed by atoms with Gasteiger partial charge >= 0.3 is 18.2 Å². The number of carbonyl (C=O) groups is 3. The maximum absolute atomic E-state index is 12.3. The summed E-state index contributed by atoms with van der Waals surface area (Å²) in [6, 6.07) is -0.382. The fourth-order valence-electron chi connectivity index (χ4n) is 2.48. The second kappa shape index (κ2) is 9.14. The number of aromatic nitrogens is 2. The molecule has 1 atom stereocenters. The predicted octanol–water partition coefficient (Wildman–Crippen LogP) is 0.767. The molecule has 0 aromatic carbocycles. The third-order valence-corrected chi connectivity index (χ3v) is 3.63.